The molecule has 2 heteroatoms. The first-order chi connectivity index (χ1) is 6.29. The summed E-state index contributed by atoms with van der Waals surface area (Å²) in [7, 11) is 0. The number of rotatable bonds is 0. The van der Waals surface area contributed by atoms with E-state index in [4.69, 9.17) is 0 Å². The molecule has 1 unspecified atom stereocenters. The number of fused-ring (bicyclic) bond motifs is 1. The third-order valence-electron chi connectivity index (χ3n) is 3.41. The Balaban J connectivity index is 2.05. The molecule has 3 rings (SSSR count). The van der Waals surface area contributed by atoms with Gasteiger partial charge in [0.25, 0.3) is 0 Å². The summed E-state index contributed by atoms with van der Waals surface area (Å²) in [6.07, 6.45) is 6.15. The lowest BCUT2D eigenvalue weighted by atomic mass is 9.82. The van der Waals surface area contributed by atoms with Crippen molar-refractivity contribution in [3.63, 3.8) is 0 Å². The van der Waals surface area contributed by atoms with E-state index in [1.54, 1.807) is 0 Å². The number of aliphatic hydroxyl groups excluding tert-OH is 1. The molecule has 2 aliphatic rings. The summed E-state index contributed by atoms with van der Waals surface area (Å²) in [5.41, 5.74) is 2.61. The van der Waals surface area contributed by atoms with Gasteiger partial charge in [-0.05, 0) is 37.2 Å². The second-order valence-corrected chi connectivity index (χ2v) is 4.44. The maximum absolute atomic E-state index is 9.90. The molecule has 0 bridgehead atoms. The van der Waals surface area contributed by atoms with Gasteiger partial charge in [0.1, 0.15) is 0 Å². The van der Waals surface area contributed by atoms with Crippen LogP contribution in [0.5, 0.6) is 0 Å². The lowest BCUT2D eigenvalue weighted by Crippen LogP contribution is -2.20. The van der Waals surface area contributed by atoms with Crippen molar-refractivity contribution < 1.29 is 5.11 Å². The molecule has 1 N–H and O–H groups in total. The van der Waals surface area contributed by atoms with E-state index in [0.29, 0.717) is 5.41 Å². The number of hydrogen-bond acceptors (Lipinski definition) is 2. The number of pyridine rings is 1. The Labute approximate surface area is 77.6 Å². The third-order valence-corrected chi connectivity index (χ3v) is 3.41. The summed E-state index contributed by atoms with van der Waals surface area (Å²) in [4.78, 5) is 4.35. The van der Waals surface area contributed by atoms with Crippen molar-refractivity contribution in [3.8, 4) is 0 Å². The van der Waals surface area contributed by atoms with E-state index < -0.39 is 0 Å². The zero-order chi connectivity index (χ0) is 8.89. The van der Waals surface area contributed by atoms with E-state index in [2.05, 4.69) is 4.98 Å². The Morgan fingerprint density at radius 1 is 1.46 bits per heavy atom. The van der Waals surface area contributed by atoms with Crippen molar-refractivity contribution in [3.05, 3.63) is 29.6 Å². The topological polar surface area (TPSA) is 33.1 Å². The van der Waals surface area contributed by atoms with Gasteiger partial charge >= 0.3 is 0 Å². The highest BCUT2D eigenvalue weighted by molar-refractivity contribution is 5.28. The van der Waals surface area contributed by atoms with Crippen molar-refractivity contribution >= 4 is 0 Å². The molecule has 2 aliphatic carbocycles. The number of hydrogen-bond donors (Lipinski definition) is 1. The molecule has 13 heavy (non-hydrogen) atoms. The molecule has 1 fully saturated rings. The third kappa shape index (κ3) is 1.09. The summed E-state index contributed by atoms with van der Waals surface area (Å²) < 4.78 is 0. The Bertz CT molecular complexity index is 344. The van der Waals surface area contributed by atoms with E-state index in [0.717, 1.165) is 24.1 Å². The van der Waals surface area contributed by atoms with Crippen LogP contribution in [0.25, 0.3) is 0 Å². The second-order valence-electron chi connectivity index (χ2n) is 4.44. The molecule has 1 aromatic heterocycles. The summed E-state index contributed by atoms with van der Waals surface area (Å²) in [6.45, 7) is 0. The first kappa shape index (κ1) is 7.51. The average molecular weight is 175 g/mol. The van der Waals surface area contributed by atoms with E-state index in [9.17, 15) is 5.11 Å². The van der Waals surface area contributed by atoms with Crippen LogP contribution in [-0.2, 0) is 6.42 Å². The van der Waals surface area contributed by atoms with Crippen LogP contribution in [0.15, 0.2) is 18.3 Å². The van der Waals surface area contributed by atoms with Gasteiger partial charge in [0.05, 0.1) is 6.10 Å². The lowest BCUT2D eigenvalue weighted by Gasteiger charge is -2.27. The second kappa shape index (κ2) is 2.32. The lowest BCUT2D eigenvalue weighted by molar-refractivity contribution is 0.123. The molecule has 0 radical (unpaired) electrons. The van der Waals surface area contributed by atoms with Crippen LogP contribution in [0.3, 0.4) is 0 Å². The first-order valence-electron chi connectivity index (χ1n) is 4.91. The van der Waals surface area contributed by atoms with Crippen LogP contribution in [0.2, 0.25) is 0 Å². The molecule has 1 spiro atoms. The van der Waals surface area contributed by atoms with Gasteiger partial charge in [-0.1, -0.05) is 6.07 Å². The van der Waals surface area contributed by atoms with Gasteiger partial charge in [-0.2, -0.15) is 0 Å². The van der Waals surface area contributed by atoms with Crippen LogP contribution in [0.4, 0.5) is 0 Å². The Morgan fingerprint density at radius 3 is 3.08 bits per heavy atom. The minimum Gasteiger partial charge on any atom is -0.388 e. The van der Waals surface area contributed by atoms with Crippen molar-refractivity contribution in [1.29, 1.82) is 0 Å². The summed E-state index contributed by atoms with van der Waals surface area (Å²) >= 11 is 0. The molecule has 1 aromatic rings. The zero-order valence-electron chi connectivity index (χ0n) is 7.53. The monoisotopic (exact) mass is 175 g/mol. The maximum Gasteiger partial charge on any atom is 0.0813 e. The van der Waals surface area contributed by atoms with Crippen LogP contribution < -0.4 is 0 Å². The van der Waals surface area contributed by atoms with Gasteiger partial charge in [-0.3, -0.25) is 4.98 Å². The van der Waals surface area contributed by atoms with Crippen molar-refractivity contribution in [2.75, 3.05) is 0 Å². The Hall–Kier alpha value is -0.890. The molecule has 0 aromatic carbocycles. The highest BCUT2D eigenvalue weighted by Crippen LogP contribution is 2.56. The summed E-state index contributed by atoms with van der Waals surface area (Å²) in [5, 5.41) is 9.90. The number of aliphatic hydroxyl groups is 1. The molecule has 1 saturated carbocycles. The van der Waals surface area contributed by atoms with Crippen LogP contribution in [0.1, 0.15) is 36.6 Å². The van der Waals surface area contributed by atoms with Gasteiger partial charge in [-0.15, -0.1) is 0 Å². The van der Waals surface area contributed by atoms with Crippen LogP contribution >= 0.6 is 0 Å². The van der Waals surface area contributed by atoms with Gasteiger partial charge in [0.2, 0.25) is 0 Å². The molecular weight excluding hydrogens is 162 g/mol. The van der Waals surface area contributed by atoms with Gasteiger partial charge in [0.15, 0.2) is 0 Å². The molecule has 0 amide bonds. The SMILES string of the molecule is OC1CC2(CC2)Cc2ncccc21. The minimum absolute atomic E-state index is 0.264. The van der Waals surface area contributed by atoms with Gasteiger partial charge in [-0.25, -0.2) is 0 Å². The summed E-state index contributed by atoms with van der Waals surface area (Å²) in [5.74, 6) is 0. The van der Waals surface area contributed by atoms with Crippen LogP contribution in [0, 0.1) is 5.41 Å². The average Bonchev–Trinajstić information content (AvgIpc) is 2.85. The fourth-order valence-electron chi connectivity index (χ4n) is 2.41. The van der Waals surface area contributed by atoms with E-state index in [1.807, 2.05) is 18.3 Å². The Kier molecular flexibility index (Phi) is 1.34. The Morgan fingerprint density at radius 2 is 2.31 bits per heavy atom. The van der Waals surface area contributed by atoms with Crippen LogP contribution in [-0.4, -0.2) is 10.1 Å². The molecule has 68 valence electrons. The van der Waals surface area contributed by atoms with Crippen molar-refractivity contribution in [2.45, 2.75) is 31.8 Å². The quantitative estimate of drug-likeness (QED) is 0.652. The maximum atomic E-state index is 9.90. The summed E-state index contributed by atoms with van der Waals surface area (Å²) in [6, 6.07) is 3.91. The van der Waals surface area contributed by atoms with Gasteiger partial charge in [0, 0.05) is 17.5 Å². The minimum atomic E-state index is -0.264. The van der Waals surface area contributed by atoms with E-state index in [-0.39, 0.29) is 6.10 Å². The standard InChI is InChI=1S/C11H13NO/c13-10-7-11(3-4-11)6-9-8(10)2-1-5-12-9/h1-2,5,10,13H,3-4,6-7H2. The normalized spacial score (nSPS) is 28.5. The number of nitrogens with zero attached hydrogens (tertiary/aromatic N) is 1. The fraction of sp³-hybridized carbons (Fsp3) is 0.545. The van der Waals surface area contributed by atoms with E-state index in [1.165, 1.54) is 12.8 Å². The first-order valence-corrected chi connectivity index (χ1v) is 4.91. The predicted molar refractivity (Wildman–Crippen MR) is 49.2 cm³/mol. The molecular formula is C11H13NO. The number of aromatic nitrogens is 1. The largest absolute Gasteiger partial charge is 0.388 e. The van der Waals surface area contributed by atoms with Crippen molar-refractivity contribution in [1.82, 2.24) is 4.98 Å². The molecule has 2 nitrogen and oxygen atoms in total. The van der Waals surface area contributed by atoms with Crippen molar-refractivity contribution in [2.24, 2.45) is 5.41 Å². The van der Waals surface area contributed by atoms with Gasteiger partial charge < -0.3 is 5.11 Å². The zero-order valence-corrected chi connectivity index (χ0v) is 7.53. The molecule has 1 heterocycles. The highest BCUT2D eigenvalue weighted by Gasteiger charge is 2.47. The molecule has 1 atom stereocenters. The smallest absolute Gasteiger partial charge is 0.0813 e. The predicted octanol–water partition coefficient (Wildman–Crippen LogP) is 1.84. The highest BCUT2D eigenvalue weighted by atomic mass is 16.3. The molecule has 0 saturated heterocycles. The fourth-order valence-corrected chi connectivity index (χ4v) is 2.41. The molecule has 0 aliphatic heterocycles. The van der Waals surface area contributed by atoms with E-state index >= 15 is 0 Å².